The van der Waals surface area contributed by atoms with Crippen molar-refractivity contribution in [3.8, 4) is 0 Å². The molecule has 2 heterocycles. The summed E-state index contributed by atoms with van der Waals surface area (Å²) in [6.45, 7) is 2.21. The van der Waals surface area contributed by atoms with Gasteiger partial charge < -0.3 is 4.42 Å². The van der Waals surface area contributed by atoms with Gasteiger partial charge in [0.25, 0.3) is 0 Å². The molecule has 18 heavy (non-hydrogen) atoms. The van der Waals surface area contributed by atoms with E-state index in [4.69, 9.17) is 0 Å². The molecule has 0 aromatic carbocycles. The normalized spacial score (nSPS) is 28.8. The van der Waals surface area contributed by atoms with Crippen LogP contribution < -0.4 is 0 Å². The fourth-order valence-electron chi connectivity index (χ4n) is 3.08. The van der Waals surface area contributed by atoms with Gasteiger partial charge in [-0.1, -0.05) is 6.42 Å². The molecule has 2 fully saturated rings. The average molecular weight is 261 g/mol. The molecular weight excluding hydrogens is 247 g/mol. The zero-order valence-corrected chi connectivity index (χ0v) is 9.78. The van der Waals surface area contributed by atoms with Crippen LogP contribution in [-0.4, -0.2) is 28.2 Å². The highest BCUT2D eigenvalue weighted by atomic mass is 19.4. The maximum atomic E-state index is 12.3. The molecule has 1 saturated heterocycles. The zero-order valence-electron chi connectivity index (χ0n) is 9.78. The van der Waals surface area contributed by atoms with Crippen LogP contribution in [0.15, 0.2) is 4.42 Å². The lowest BCUT2D eigenvalue weighted by Crippen LogP contribution is -2.21. The fraction of sp³-hybridized carbons (Fsp3) is 0.818. The van der Waals surface area contributed by atoms with Crippen LogP contribution in [0, 0.1) is 11.8 Å². The van der Waals surface area contributed by atoms with E-state index in [1.54, 1.807) is 0 Å². The zero-order chi connectivity index (χ0) is 12.8. The minimum atomic E-state index is -4.55. The Balaban J connectivity index is 1.62. The van der Waals surface area contributed by atoms with E-state index in [0.29, 0.717) is 18.4 Å². The first-order chi connectivity index (χ1) is 8.52. The van der Waals surface area contributed by atoms with Gasteiger partial charge in [0.05, 0.1) is 6.54 Å². The number of fused-ring (bicyclic) bond motifs is 1. The third-order valence-electron chi connectivity index (χ3n) is 3.87. The van der Waals surface area contributed by atoms with Crippen LogP contribution in [0.4, 0.5) is 13.2 Å². The van der Waals surface area contributed by atoms with Crippen LogP contribution in [0.25, 0.3) is 0 Å². The Hall–Kier alpha value is -1.11. The molecule has 0 bridgehead atoms. The molecular formula is C11H14F3N3O. The summed E-state index contributed by atoms with van der Waals surface area (Å²) in [4.78, 5) is 2.11. The first kappa shape index (κ1) is 12.0. The number of halogens is 3. The van der Waals surface area contributed by atoms with Crippen LogP contribution in [0.1, 0.15) is 31.0 Å². The van der Waals surface area contributed by atoms with Crippen molar-refractivity contribution >= 4 is 0 Å². The molecule has 1 aromatic heterocycles. The number of rotatable bonds is 2. The van der Waals surface area contributed by atoms with Crippen molar-refractivity contribution in [2.45, 2.75) is 32.0 Å². The van der Waals surface area contributed by atoms with E-state index in [0.717, 1.165) is 13.1 Å². The van der Waals surface area contributed by atoms with Crippen molar-refractivity contribution in [3.05, 3.63) is 11.8 Å². The number of nitrogens with zero attached hydrogens (tertiary/aromatic N) is 3. The number of likely N-dealkylation sites (tertiary alicyclic amines) is 1. The smallest absolute Gasteiger partial charge is 0.416 e. The second kappa shape index (κ2) is 4.22. The predicted molar refractivity (Wildman–Crippen MR) is 55.4 cm³/mol. The Morgan fingerprint density at radius 3 is 2.39 bits per heavy atom. The summed E-state index contributed by atoms with van der Waals surface area (Å²) >= 11 is 0. The summed E-state index contributed by atoms with van der Waals surface area (Å²) in [7, 11) is 0. The largest absolute Gasteiger partial charge is 0.470 e. The predicted octanol–water partition coefficient (Wildman–Crippen LogP) is 2.32. The Morgan fingerprint density at radius 2 is 1.83 bits per heavy atom. The molecule has 2 aliphatic rings. The molecule has 1 saturated carbocycles. The molecule has 1 aliphatic carbocycles. The highest BCUT2D eigenvalue weighted by Gasteiger charge is 2.39. The van der Waals surface area contributed by atoms with Crippen molar-refractivity contribution in [3.63, 3.8) is 0 Å². The number of hydrogen-bond acceptors (Lipinski definition) is 4. The molecule has 2 atom stereocenters. The van der Waals surface area contributed by atoms with Gasteiger partial charge >= 0.3 is 12.1 Å². The van der Waals surface area contributed by atoms with Crippen LogP contribution in [-0.2, 0) is 12.7 Å². The molecule has 100 valence electrons. The van der Waals surface area contributed by atoms with E-state index in [2.05, 4.69) is 19.5 Å². The van der Waals surface area contributed by atoms with E-state index in [1.165, 1.54) is 19.3 Å². The van der Waals surface area contributed by atoms with Crippen molar-refractivity contribution in [2.75, 3.05) is 13.1 Å². The summed E-state index contributed by atoms with van der Waals surface area (Å²) in [6, 6.07) is 0. The maximum absolute atomic E-state index is 12.3. The van der Waals surface area contributed by atoms with Gasteiger partial charge in [-0.05, 0) is 24.7 Å². The van der Waals surface area contributed by atoms with Crippen molar-refractivity contribution in [1.29, 1.82) is 0 Å². The van der Waals surface area contributed by atoms with Gasteiger partial charge in [-0.2, -0.15) is 13.2 Å². The van der Waals surface area contributed by atoms with Gasteiger partial charge in [0.1, 0.15) is 0 Å². The van der Waals surface area contributed by atoms with Gasteiger partial charge in [0.15, 0.2) is 0 Å². The quantitative estimate of drug-likeness (QED) is 0.819. The highest BCUT2D eigenvalue weighted by Crippen LogP contribution is 2.38. The summed E-state index contributed by atoms with van der Waals surface area (Å²) in [5.74, 6) is 0.212. The molecule has 0 N–H and O–H groups in total. The molecule has 0 radical (unpaired) electrons. The van der Waals surface area contributed by atoms with Crippen LogP contribution in [0.2, 0.25) is 0 Å². The number of aromatic nitrogens is 2. The molecule has 0 amide bonds. The van der Waals surface area contributed by atoms with Crippen LogP contribution in [0.3, 0.4) is 0 Å². The molecule has 1 aromatic rings. The standard InChI is InChI=1S/C11H14F3N3O/c12-11(13,14)10-16-15-9(18-10)6-17-4-7-2-1-3-8(7)5-17/h7-8H,1-6H2. The SMILES string of the molecule is FC(F)(F)c1nnc(CN2CC3CCCC3C2)o1. The van der Waals surface area contributed by atoms with Crippen LogP contribution in [0.5, 0.6) is 0 Å². The van der Waals surface area contributed by atoms with Gasteiger partial charge in [-0.3, -0.25) is 4.90 Å². The molecule has 0 spiro atoms. The molecule has 2 unspecified atom stereocenters. The topological polar surface area (TPSA) is 42.2 Å². The van der Waals surface area contributed by atoms with E-state index in [-0.39, 0.29) is 5.89 Å². The van der Waals surface area contributed by atoms with Crippen molar-refractivity contribution in [1.82, 2.24) is 15.1 Å². The van der Waals surface area contributed by atoms with E-state index < -0.39 is 12.1 Å². The van der Waals surface area contributed by atoms with E-state index >= 15 is 0 Å². The lowest BCUT2D eigenvalue weighted by Gasteiger charge is -2.13. The van der Waals surface area contributed by atoms with Crippen molar-refractivity contribution in [2.24, 2.45) is 11.8 Å². The Bertz CT molecular complexity index is 419. The summed E-state index contributed by atoms with van der Waals surface area (Å²) < 4.78 is 41.5. The monoisotopic (exact) mass is 261 g/mol. The summed E-state index contributed by atoms with van der Waals surface area (Å²) in [5.41, 5.74) is 0. The van der Waals surface area contributed by atoms with Gasteiger partial charge in [0.2, 0.25) is 5.89 Å². The second-order valence-corrected chi connectivity index (χ2v) is 5.14. The van der Waals surface area contributed by atoms with Gasteiger partial charge in [-0.25, -0.2) is 0 Å². The lowest BCUT2D eigenvalue weighted by molar-refractivity contribution is -0.157. The first-order valence-corrected chi connectivity index (χ1v) is 6.14. The Labute approximate surface area is 102 Å². The third kappa shape index (κ3) is 2.23. The van der Waals surface area contributed by atoms with Gasteiger partial charge in [0, 0.05) is 13.1 Å². The first-order valence-electron chi connectivity index (χ1n) is 6.14. The van der Waals surface area contributed by atoms with Gasteiger partial charge in [-0.15, -0.1) is 10.2 Å². The fourth-order valence-corrected chi connectivity index (χ4v) is 3.08. The molecule has 3 rings (SSSR count). The van der Waals surface area contributed by atoms with E-state index in [1.807, 2.05) is 0 Å². The lowest BCUT2D eigenvalue weighted by atomic mass is 10.0. The highest BCUT2D eigenvalue weighted by molar-refractivity contribution is 4.92. The summed E-state index contributed by atoms with van der Waals surface area (Å²) in [5, 5.41) is 6.50. The molecule has 4 nitrogen and oxygen atoms in total. The maximum Gasteiger partial charge on any atom is 0.470 e. The molecule has 7 heteroatoms. The Kier molecular flexibility index (Phi) is 2.80. The third-order valence-corrected chi connectivity index (χ3v) is 3.87. The summed E-state index contributed by atoms with van der Waals surface area (Å²) in [6.07, 6.45) is -0.799. The van der Waals surface area contributed by atoms with Crippen LogP contribution >= 0.6 is 0 Å². The van der Waals surface area contributed by atoms with E-state index in [9.17, 15) is 13.2 Å². The second-order valence-electron chi connectivity index (χ2n) is 5.14. The number of alkyl halides is 3. The molecule has 1 aliphatic heterocycles. The minimum Gasteiger partial charge on any atom is -0.416 e. The Morgan fingerprint density at radius 1 is 1.17 bits per heavy atom. The number of hydrogen-bond donors (Lipinski definition) is 0. The minimum absolute atomic E-state index is 0.0577. The van der Waals surface area contributed by atoms with Crippen molar-refractivity contribution < 1.29 is 17.6 Å². The average Bonchev–Trinajstić information content (AvgIpc) is 2.90.